The fourth-order valence-corrected chi connectivity index (χ4v) is 3.25. The summed E-state index contributed by atoms with van der Waals surface area (Å²) in [5, 5.41) is 0.603. The smallest absolute Gasteiger partial charge is 0.316 e. The third-order valence-electron chi connectivity index (χ3n) is 4.43. The molecule has 0 bridgehead atoms. The van der Waals surface area contributed by atoms with E-state index in [9.17, 15) is 9.59 Å². The standard InChI is InChI=1S/C19H16ClNO5/c20-15-4-2-1-3-12(15)9-21-10-13(7-18(21)22)19(23)26-14-5-6-16-17(8-14)25-11-24-16/h1-6,8,13H,7,9-11H2/t13-/m0/s1. The minimum Gasteiger partial charge on any atom is -0.454 e. The highest BCUT2D eigenvalue weighted by Crippen LogP contribution is 2.35. The van der Waals surface area contributed by atoms with Crippen molar-refractivity contribution in [3.8, 4) is 17.2 Å². The first kappa shape index (κ1) is 16.7. The molecule has 1 atom stereocenters. The summed E-state index contributed by atoms with van der Waals surface area (Å²) in [6.07, 6.45) is 0.133. The van der Waals surface area contributed by atoms with Gasteiger partial charge in [-0.15, -0.1) is 0 Å². The Morgan fingerprint density at radius 1 is 1.19 bits per heavy atom. The summed E-state index contributed by atoms with van der Waals surface area (Å²) in [6.45, 7) is 0.848. The monoisotopic (exact) mass is 373 g/mol. The summed E-state index contributed by atoms with van der Waals surface area (Å²) >= 11 is 6.15. The fourth-order valence-electron chi connectivity index (χ4n) is 3.05. The molecule has 0 radical (unpaired) electrons. The van der Waals surface area contributed by atoms with Crippen molar-refractivity contribution < 1.29 is 23.8 Å². The molecule has 0 saturated carbocycles. The van der Waals surface area contributed by atoms with Crippen molar-refractivity contribution in [1.29, 1.82) is 0 Å². The van der Waals surface area contributed by atoms with E-state index >= 15 is 0 Å². The molecule has 1 fully saturated rings. The van der Waals surface area contributed by atoms with Crippen molar-refractivity contribution in [3.05, 3.63) is 53.1 Å². The number of hydrogen-bond acceptors (Lipinski definition) is 5. The number of carbonyl (C=O) groups is 2. The van der Waals surface area contributed by atoms with Crippen LogP contribution in [0.2, 0.25) is 5.02 Å². The lowest BCUT2D eigenvalue weighted by Crippen LogP contribution is -2.27. The molecule has 7 heteroatoms. The second-order valence-electron chi connectivity index (χ2n) is 6.20. The lowest BCUT2D eigenvalue weighted by molar-refractivity contribution is -0.139. The predicted octanol–water partition coefficient (Wildman–Crippen LogP) is 3.02. The van der Waals surface area contributed by atoms with Crippen LogP contribution in [-0.2, 0) is 16.1 Å². The normalized spacial score (nSPS) is 18.3. The van der Waals surface area contributed by atoms with Crippen molar-refractivity contribution in [2.45, 2.75) is 13.0 Å². The van der Waals surface area contributed by atoms with Gasteiger partial charge >= 0.3 is 5.97 Å². The molecule has 2 aliphatic heterocycles. The van der Waals surface area contributed by atoms with E-state index in [1.165, 1.54) is 0 Å². The number of amides is 1. The number of halogens is 1. The van der Waals surface area contributed by atoms with Crippen LogP contribution in [0.1, 0.15) is 12.0 Å². The van der Waals surface area contributed by atoms with E-state index in [2.05, 4.69) is 0 Å². The van der Waals surface area contributed by atoms with E-state index in [0.29, 0.717) is 35.4 Å². The second kappa shape index (κ2) is 6.88. The molecule has 134 valence electrons. The van der Waals surface area contributed by atoms with Gasteiger partial charge in [0.25, 0.3) is 0 Å². The van der Waals surface area contributed by atoms with Gasteiger partial charge in [-0.25, -0.2) is 0 Å². The van der Waals surface area contributed by atoms with Crippen LogP contribution >= 0.6 is 11.6 Å². The Bertz CT molecular complexity index is 869. The van der Waals surface area contributed by atoms with E-state index in [1.54, 1.807) is 29.2 Å². The minimum absolute atomic E-state index is 0.0856. The number of fused-ring (bicyclic) bond motifs is 1. The molecule has 0 unspecified atom stereocenters. The molecule has 4 rings (SSSR count). The Morgan fingerprint density at radius 3 is 2.85 bits per heavy atom. The largest absolute Gasteiger partial charge is 0.454 e. The Labute approximate surface area is 155 Å². The molecule has 0 N–H and O–H groups in total. The maximum Gasteiger partial charge on any atom is 0.316 e. The molecule has 2 aliphatic rings. The van der Waals surface area contributed by atoms with Crippen LogP contribution in [-0.4, -0.2) is 30.1 Å². The first-order valence-electron chi connectivity index (χ1n) is 8.22. The van der Waals surface area contributed by atoms with Gasteiger partial charge in [0.2, 0.25) is 12.7 Å². The van der Waals surface area contributed by atoms with Crippen molar-refractivity contribution in [2.75, 3.05) is 13.3 Å². The van der Waals surface area contributed by atoms with E-state index < -0.39 is 11.9 Å². The Balaban J connectivity index is 1.40. The van der Waals surface area contributed by atoms with Gasteiger partial charge in [0.05, 0.1) is 5.92 Å². The summed E-state index contributed by atoms with van der Waals surface area (Å²) in [6, 6.07) is 12.3. The van der Waals surface area contributed by atoms with Gasteiger partial charge in [0.1, 0.15) is 5.75 Å². The molecule has 0 aliphatic carbocycles. The zero-order valence-electron chi connectivity index (χ0n) is 13.8. The molecule has 0 aromatic heterocycles. The highest BCUT2D eigenvalue weighted by molar-refractivity contribution is 6.31. The lowest BCUT2D eigenvalue weighted by Gasteiger charge is -2.17. The lowest BCUT2D eigenvalue weighted by atomic mass is 10.1. The molecular formula is C19H16ClNO5. The SMILES string of the molecule is O=C(Oc1ccc2c(c1)OCO2)[C@H]1CC(=O)N(Cc2ccccc2Cl)C1. The topological polar surface area (TPSA) is 65.1 Å². The highest BCUT2D eigenvalue weighted by atomic mass is 35.5. The van der Waals surface area contributed by atoms with Crippen molar-refractivity contribution >= 4 is 23.5 Å². The van der Waals surface area contributed by atoms with Gasteiger partial charge in [-0.2, -0.15) is 0 Å². The maximum atomic E-state index is 12.4. The number of ether oxygens (including phenoxy) is 3. The third kappa shape index (κ3) is 3.32. The zero-order valence-corrected chi connectivity index (χ0v) is 14.6. The van der Waals surface area contributed by atoms with Gasteiger partial charge < -0.3 is 19.1 Å². The number of hydrogen-bond donors (Lipinski definition) is 0. The molecule has 1 saturated heterocycles. The van der Waals surface area contributed by atoms with E-state index in [1.807, 2.05) is 18.2 Å². The zero-order chi connectivity index (χ0) is 18.1. The average molecular weight is 374 g/mol. The number of carbonyl (C=O) groups excluding carboxylic acids is 2. The second-order valence-corrected chi connectivity index (χ2v) is 6.61. The van der Waals surface area contributed by atoms with Gasteiger partial charge in [-0.05, 0) is 23.8 Å². The number of esters is 1. The van der Waals surface area contributed by atoms with Crippen LogP contribution in [0, 0.1) is 5.92 Å². The summed E-state index contributed by atoms with van der Waals surface area (Å²) in [5.41, 5.74) is 0.854. The summed E-state index contributed by atoms with van der Waals surface area (Å²) < 4.78 is 15.9. The molecule has 2 heterocycles. The molecule has 0 spiro atoms. The van der Waals surface area contributed by atoms with Gasteiger partial charge in [-0.3, -0.25) is 9.59 Å². The predicted molar refractivity (Wildman–Crippen MR) is 93.2 cm³/mol. The number of likely N-dealkylation sites (tertiary alicyclic amines) is 1. The van der Waals surface area contributed by atoms with Crippen molar-refractivity contribution in [2.24, 2.45) is 5.92 Å². The minimum atomic E-state index is -0.504. The van der Waals surface area contributed by atoms with Gasteiger partial charge in [0.15, 0.2) is 11.5 Å². The van der Waals surface area contributed by atoms with Crippen LogP contribution in [0.4, 0.5) is 0 Å². The van der Waals surface area contributed by atoms with E-state index in [0.717, 1.165) is 5.56 Å². The molecular weight excluding hydrogens is 358 g/mol. The first-order chi connectivity index (χ1) is 12.6. The number of benzene rings is 2. The van der Waals surface area contributed by atoms with E-state index in [-0.39, 0.29) is 19.1 Å². The Morgan fingerprint density at radius 2 is 2.00 bits per heavy atom. The van der Waals surface area contributed by atoms with Crippen LogP contribution < -0.4 is 14.2 Å². The molecule has 26 heavy (non-hydrogen) atoms. The summed E-state index contributed by atoms with van der Waals surface area (Å²) in [5.74, 6) is 0.507. The quantitative estimate of drug-likeness (QED) is 0.609. The van der Waals surface area contributed by atoms with Crippen LogP contribution in [0.15, 0.2) is 42.5 Å². The highest BCUT2D eigenvalue weighted by Gasteiger charge is 2.36. The molecule has 1 amide bonds. The van der Waals surface area contributed by atoms with Gasteiger partial charge in [0, 0.05) is 30.6 Å². The van der Waals surface area contributed by atoms with Crippen LogP contribution in [0.3, 0.4) is 0 Å². The number of nitrogens with zero attached hydrogens (tertiary/aromatic N) is 1. The Kier molecular flexibility index (Phi) is 4.42. The number of rotatable bonds is 4. The average Bonchev–Trinajstić information content (AvgIpc) is 3.23. The molecule has 2 aromatic carbocycles. The molecule has 2 aromatic rings. The summed E-state index contributed by atoms with van der Waals surface area (Å²) in [7, 11) is 0. The molecule has 6 nitrogen and oxygen atoms in total. The van der Waals surface area contributed by atoms with Crippen LogP contribution in [0.5, 0.6) is 17.2 Å². The van der Waals surface area contributed by atoms with Gasteiger partial charge in [-0.1, -0.05) is 29.8 Å². The first-order valence-corrected chi connectivity index (χ1v) is 8.60. The maximum absolute atomic E-state index is 12.4. The van der Waals surface area contributed by atoms with E-state index in [4.69, 9.17) is 25.8 Å². The van der Waals surface area contributed by atoms with Crippen molar-refractivity contribution in [1.82, 2.24) is 4.90 Å². The third-order valence-corrected chi connectivity index (χ3v) is 4.80. The van der Waals surface area contributed by atoms with Crippen LogP contribution in [0.25, 0.3) is 0 Å². The Hall–Kier alpha value is -2.73. The fraction of sp³-hybridized carbons (Fsp3) is 0.263. The van der Waals surface area contributed by atoms with Crippen molar-refractivity contribution in [3.63, 3.8) is 0 Å². The summed E-state index contributed by atoms with van der Waals surface area (Å²) in [4.78, 5) is 26.3.